The Morgan fingerprint density at radius 2 is 1.84 bits per heavy atom. The molecule has 2 rings (SSSR count). The van der Waals surface area contributed by atoms with E-state index in [-0.39, 0.29) is 11.3 Å². The molecule has 0 aliphatic carbocycles. The van der Waals surface area contributed by atoms with Crippen LogP contribution < -0.4 is 10.6 Å². The lowest BCUT2D eigenvalue weighted by molar-refractivity contribution is 0.0698. The average molecular weight is 257 g/mol. The standard InChI is InChI=1S/C13H11N3O3/c17-12(18)10-5-1-2-6-11(10)16-13(19)15-9-4-3-7-14-8-9/h1-8H,(H,17,18)(H2,15,16,19). The zero-order valence-electron chi connectivity index (χ0n) is 9.83. The summed E-state index contributed by atoms with van der Waals surface area (Å²) in [6.07, 6.45) is 3.07. The average Bonchev–Trinajstić information content (AvgIpc) is 2.40. The minimum Gasteiger partial charge on any atom is -0.478 e. The van der Waals surface area contributed by atoms with Crippen LogP contribution in [-0.4, -0.2) is 22.1 Å². The lowest BCUT2D eigenvalue weighted by atomic mass is 10.2. The fourth-order valence-electron chi connectivity index (χ4n) is 1.50. The van der Waals surface area contributed by atoms with Crippen LogP contribution in [0.15, 0.2) is 48.8 Å². The van der Waals surface area contributed by atoms with Gasteiger partial charge in [-0.1, -0.05) is 12.1 Å². The number of anilines is 2. The van der Waals surface area contributed by atoms with Gasteiger partial charge in [0.15, 0.2) is 0 Å². The zero-order chi connectivity index (χ0) is 13.7. The number of aromatic nitrogens is 1. The molecule has 0 atom stereocenters. The number of para-hydroxylation sites is 1. The number of nitrogens with zero attached hydrogens (tertiary/aromatic N) is 1. The maximum atomic E-state index is 11.7. The Bertz CT molecular complexity index is 599. The number of carbonyl (C=O) groups excluding carboxylic acids is 1. The van der Waals surface area contributed by atoms with Crippen LogP contribution in [0.2, 0.25) is 0 Å². The molecule has 3 N–H and O–H groups in total. The second-order valence-corrected chi connectivity index (χ2v) is 3.67. The van der Waals surface area contributed by atoms with Crippen LogP contribution in [0.1, 0.15) is 10.4 Å². The summed E-state index contributed by atoms with van der Waals surface area (Å²) in [5, 5.41) is 14.0. The number of amides is 2. The SMILES string of the molecule is O=C(Nc1cccnc1)Nc1ccccc1C(=O)O. The molecule has 1 heterocycles. The summed E-state index contributed by atoms with van der Waals surface area (Å²) in [5.74, 6) is -1.10. The first kappa shape index (κ1) is 12.6. The van der Waals surface area contributed by atoms with Gasteiger partial charge < -0.3 is 15.7 Å². The molecule has 0 saturated heterocycles. The van der Waals surface area contributed by atoms with E-state index in [9.17, 15) is 9.59 Å². The number of hydrogen-bond acceptors (Lipinski definition) is 3. The smallest absolute Gasteiger partial charge is 0.337 e. The van der Waals surface area contributed by atoms with Crippen molar-refractivity contribution in [3.63, 3.8) is 0 Å². The summed E-state index contributed by atoms with van der Waals surface area (Å²) in [6, 6.07) is 9.01. The summed E-state index contributed by atoms with van der Waals surface area (Å²) in [7, 11) is 0. The number of aromatic carboxylic acids is 1. The number of benzene rings is 1. The van der Waals surface area contributed by atoms with Gasteiger partial charge in [0.2, 0.25) is 0 Å². The molecule has 6 heteroatoms. The highest BCUT2D eigenvalue weighted by Crippen LogP contribution is 2.15. The maximum absolute atomic E-state index is 11.7. The Hall–Kier alpha value is -2.89. The fraction of sp³-hybridized carbons (Fsp3) is 0. The van der Waals surface area contributed by atoms with Crippen LogP contribution in [0.5, 0.6) is 0 Å². The first-order valence-corrected chi connectivity index (χ1v) is 5.47. The van der Waals surface area contributed by atoms with Crippen molar-refractivity contribution in [2.24, 2.45) is 0 Å². The number of carboxylic acid groups (broad SMARTS) is 1. The summed E-state index contributed by atoms with van der Waals surface area (Å²) in [6.45, 7) is 0. The van der Waals surface area contributed by atoms with Gasteiger partial charge in [0.1, 0.15) is 0 Å². The highest BCUT2D eigenvalue weighted by atomic mass is 16.4. The fourth-order valence-corrected chi connectivity index (χ4v) is 1.50. The quantitative estimate of drug-likeness (QED) is 0.787. The monoisotopic (exact) mass is 257 g/mol. The van der Waals surface area contributed by atoms with Crippen molar-refractivity contribution in [3.05, 3.63) is 54.4 Å². The topological polar surface area (TPSA) is 91.3 Å². The van der Waals surface area contributed by atoms with Crippen molar-refractivity contribution in [2.75, 3.05) is 10.6 Å². The summed E-state index contributed by atoms with van der Waals surface area (Å²) in [4.78, 5) is 26.5. The molecular formula is C13H11N3O3. The summed E-state index contributed by atoms with van der Waals surface area (Å²) in [5.41, 5.74) is 0.785. The van der Waals surface area contributed by atoms with Gasteiger partial charge in [-0.05, 0) is 24.3 Å². The minimum atomic E-state index is -1.10. The van der Waals surface area contributed by atoms with E-state index in [1.54, 1.807) is 30.5 Å². The second kappa shape index (κ2) is 5.63. The van der Waals surface area contributed by atoms with Crippen molar-refractivity contribution in [3.8, 4) is 0 Å². The Morgan fingerprint density at radius 3 is 2.53 bits per heavy atom. The predicted molar refractivity (Wildman–Crippen MR) is 70.3 cm³/mol. The molecule has 96 valence electrons. The van der Waals surface area contributed by atoms with E-state index < -0.39 is 12.0 Å². The summed E-state index contributed by atoms with van der Waals surface area (Å²) >= 11 is 0. The normalized spacial score (nSPS) is 9.68. The maximum Gasteiger partial charge on any atom is 0.337 e. The second-order valence-electron chi connectivity index (χ2n) is 3.67. The van der Waals surface area contributed by atoms with Gasteiger partial charge in [-0.25, -0.2) is 9.59 Å². The molecule has 6 nitrogen and oxygen atoms in total. The van der Waals surface area contributed by atoms with E-state index >= 15 is 0 Å². The Kier molecular flexibility index (Phi) is 3.72. The number of pyridine rings is 1. The highest BCUT2D eigenvalue weighted by molar-refractivity contribution is 6.04. The largest absolute Gasteiger partial charge is 0.478 e. The van der Waals surface area contributed by atoms with Gasteiger partial charge in [-0.15, -0.1) is 0 Å². The Balaban J connectivity index is 2.09. The van der Waals surface area contributed by atoms with Gasteiger partial charge in [-0.2, -0.15) is 0 Å². The Morgan fingerprint density at radius 1 is 1.05 bits per heavy atom. The highest BCUT2D eigenvalue weighted by Gasteiger charge is 2.11. The molecule has 0 spiro atoms. The number of urea groups is 1. The first-order valence-electron chi connectivity index (χ1n) is 5.47. The van der Waals surface area contributed by atoms with Gasteiger partial charge in [0.25, 0.3) is 0 Å². The van der Waals surface area contributed by atoms with Crippen molar-refractivity contribution in [2.45, 2.75) is 0 Å². The van der Waals surface area contributed by atoms with E-state index in [2.05, 4.69) is 15.6 Å². The third kappa shape index (κ3) is 3.29. The molecular weight excluding hydrogens is 246 g/mol. The lowest BCUT2D eigenvalue weighted by Gasteiger charge is -2.09. The van der Waals surface area contributed by atoms with Crippen LogP contribution in [0.25, 0.3) is 0 Å². The molecule has 2 amide bonds. The molecule has 19 heavy (non-hydrogen) atoms. The lowest BCUT2D eigenvalue weighted by Crippen LogP contribution is -2.21. The molecule has 1 aromatic carbocycles. The molecule has 0 aliphatic heterocycles. The summed E-state index contributed by atoms with van der Waals surface area (Å²) < 4.78 is 0. The van der Waals surface area contributed by atoms with Crippen molar-refractivity contribution >= 4 is 23.4 Å². The van der Waals surface area contributed by atoms with Gasteiger partial charge >= 0.3 is 12.0 Å². The van der Waals surface area contributed by atoms with E-state index in [4.69, 9.17) is 5.11 Å². The Labute approximate surface area is 109 Å². The van der Waals surface area contributed by atoms with E-state index in [1.807, 2.05) is 0 Å². The van der Waals surface area contributed by atoms with Gasteiger partial charge in [-0.3, -0.25) is 4.98 Å². The molecule has 0 radical (unpaired) electrons. The van der Waals surface area contributed by atoms with Crippen LogP contribution in [0.3, 0.4) is 0 Å². The molecule has 0 bridgehead atoms. The zero-order valence-corrected chi connectivity index (χ0v) is 9.83. The molecule has 0 unspecified atom stereocenters. The van der Waals surface area contributed by atoms with Crippen LogP contribution >= 0.6 is 0 Å². The first-order chi connectivity index (χ1) is 9.16. The predicted octanol–water partition coefficient (Wildman–Crippen LogP) is 2.42. The third-order valence-corrected chi connectivity index (χ3v) is 2.33. The van der Waals surface area contributed by atoms with Crippen molar-refractivity contribution in [1.29, 1.82) is 0 Å². The van der Waals surface area contributed by atoms with Gasteiger partial charge in [0.05, 0.1) is 23.1 Å². The number of nitrogens with one attached hydrogen (secondary N) is 2. The third-order valence-electron chi connectivity index (χ3n) is 2.33. The molecule has 1 aromatic heterocycles. The van der Waals surface area contributed by atoms with E-state index in [0.717, 1.165) is 0 Å². The van der Waals surface area contributed by atoms with Crippen molar-refractivity contribution < 1.29 is 14.7 Å². The number of hydrogen-bond donors (Lipinski definition) is 3. The molecule has 0 aliphatic rings. The van der Waals surface area contributed by atoms with Crippen LogP contribution in [-0.2, 0) is 0 Å². The number of rotatable bonds is 3. The van der Waals surface area contributed by atoms with Crippen LogP contribution in [0.4, 0.5) is 16.2 Å². The van der Waals surface area contributed by atoms with E-state index in [0.29, 0.717) is 5.69 Å². The molecule has 2 aromatic rings. The van der Waals surface area contributed by atoms with Gasteiger partial charge in [0, 0.05) is 6.20 Å². The minimum absolute atomic E-state index is 0.0313. The van der Waals surface area contributed by atoms with E-state index in [1.165, 1.54) is 18.3 Å². The van der Waals surface area contributed by atoms with Crippen LogP contribution in [0, 0.1) is 0 Å². The molecule has 0 saturated carbocycles. The number of carboxylic acids is 1. The number of carbonyl (C=O) groups is 2. The van der Waals surface area contributed by atoms with Crippen molar-refractivity contribution in [1.82, 2.24) is 4.98 Å². The molecule has 0 fully saturated rings.